The topological polar surface area (TPSA) is 27.0 Å². The minimum atomic E-state index is -0.343. The second-order valence-corrected chi connectivity index (χ2v) is 4.41. The molecule has 0 heterocycles. The summed E-state index contributed by atoms with van der Waals surface area (Å²) in [5, 5.41) is 8.86. The molecular weight excluding hydrogens is 258 g/mol. The van der Waals surface area contributed by atoms with Crippen LogP contribution in [0, 0.1) is 23.0 Å². The highest BCUT2D eigenvalue weighted by molar-refractivity contribution is 5.47. The van der Waals surface area contributed by atoms with E-state index in [0.717, 1.165) is 5.69 Å². The van der Waals surface area contributed by atoms with E-state index in [9.17, 15) is 8.78 Å². The fourth-order valence-electron chi connectivity index (χ4n) is 2.01. The van der Waals surface area contributed by atoms with E-state index in [1.54, 1.807) is 18.2 Å². The van der Waals surface area contributed by atoms with E-state index < -0.39 is 0 Å². The molecule has 0 fully saturated rings. The molecule has 2 aromatic rings. The zero-order valence-electron chi connectivity index (χ0n) is 11.1. The molecule has 0 aliphatic heterocycles. The van der Waals surface area contributed by atoms with Crippen LogP contribution in [-0.4, -0.2) is 6.54 Å². The number of benzene rings is 2. The summed E-state index contributed by atoms with van der Waals surface area (Å²) in [5.74, 6) is -0.646. The lowest BCUT2D eigenvalue weighted by Gasteiger charge is -2.23. The van der Waals surface area contributed by atoms with Gasteiger partial charge in [-0.3, -0.25) is 0 Å². The lowest BCUT2D eigenvalue weighted by Crippen LogP contribution is -2.22. The molecule has 20 heavy (non-hydrogen) atoms. The quantitative estimate of drug-likeness (QED) is 0.845. The van der Waals surface area contributed by atoms with Crippen molar-refractivity contribution in [3.05, 3.63) is 65.2 Å². The van der Waals surface area contributed by atoms with Gasteiger partial charge in [0.05, 0.1) is 11.6 Å². The van der Waals surface area contributed by atoms with E-state index in [-0.39, 0.29) is 11.6 Å². The van der Waals surface area contributed by atoms with Gasteiger partial charge in [-0.05, 0) is 49.4 Å². The summed E-state index contributed by atoms with van der Waals surface area (Å²) >= 11 is 0. The fourth-order valence-corrected chi connectivity index (χ4v) is 2.01. The summed E-state index contributed by atoms with van der Waals surface area (Å²) in [6.45, 7) is 2.93. The molecule has 102 valence electrons. The van der Waals surface area contributed by atoms with Gasteiger partial charge >= 0.3 is 0 Å². The molecule has 2 rings (SSSR count). The van der Waals surface area contributed by atoms with Crippen LogP contribution in [0.4, 0.5) is 14.5 Å². The molecule has 0 aromatic heterocycles. The molecule has 4 heteroatoms. The minimum Gasteiger partial charge on any atom is -0.367 e. The van der Waals surface area contributed by atoms with E-state index in [1.807, 2.05) is 17.9 Å². The first-order valence-corrected chi connectivity index (χ1v) is 6.33. The van der Waals surface area contributed by atoms with E-state index in [1.165, 1.54) is 24.3 Å². The van der Waals surface area contributed by atoms with Gasteiger partial charge in [0, 0.05) is 24.3 Å². The molecule has 0 aliphatic rings. The van der Waals surface area contributed by atoms with E-state index in [2.05, 4.69) is 0 Å². The van der Waals surface area contributed by atoms with Gasteiger partial charge < -0.3 is 4.90 Å². The standard InChI is InChI=1S/C16H14F2N2/c1-2-20(15-6-4-14(17)5-7-15)11-13-9-12(10-19)3-8-16(13)18/h3-9H,2,11H2,1H3. The molecule has 2 nitrogen and oxygen atoms in total. The Morgan fingerprint density at radius 3 is 2.40 bits per heavy atom. The third-order valence-electron chi connectivity index (χ3n) is 3.11. The van der Waals surface area contributed by atoms with Crippen molar-refractivity contribution in [3.8, 4) is 6.07 Å². The summed E-state index contributed by atoms with van der Waals surface area (Å²) in [5.41, 5.74) is 1.70. The summed E-state index contributed by atoms with van der Waals surface area (Å²) in [6, 6.07) is 12.4. The smallest absolute Gasteiger partial charge is 0.128 e. The molecule has 0 saturated heterocycles. The third kappa shape index (κ3) is 3.12. The van der Waals surface area contributed by atoms with Gasteiger partial charge in [0.25, 0.3) is 0 Å². The molecule has 0 spiro atoms. The summed E-state index contributed by atoms with van der Waals surface area (Å²) in [4.78, 5) is 1.92. The molecule has 0 aliphatic carbocycles. The Balaban J connectivity index is 2.26. The normalized spacial score (nSPS) is 10.1. The SMILES string of the molecule is CCN(Cc1cc(C#N)ccc1F)c1ccc(F)cc1. The Bertz CT molecular complexity index is 630. The average molecular weight is 272 g/mol. The monoisotopic (exact) mass is 272 g/mol. The van der Waals surface area contributed by atoms with Crippen molar-refractivity contribution in [2.24, 2.45) is 0 Å². The Morgan fingerprint density at radius 1 is 1.10 bits per heavy atom. The van der Waals surface area contributed by atoms with Gasteiger partial charge in [-0.25, -0.2) is 8.78 Å². The van der Waals surface area contributed by atoms with Crippen LogP contribution in [-0.2, 0) is 6.54 Å². The van der Waals surface area contributed by atoms with Crippen LogP contribution in [0.3, 0.4) is 0 Å². The second kappa shape index (κ2) is 6.16. The lowest BCUT2D eigenvalue weighted by molar-refractivity contribution is 0.604. The first-order valence-electron chi connectivity index (χ1n) is 6.33. The maximum Gasteiger partial charge on any atom is 0.128 e. The zero-order valence-corrected chi connectivity index (χ0v) is 11.1. The number of rotatable bonds is 4. The predicted molar refractivity (Wildman–Crippen MR) is 74.2 cm³/mol. The van der Waals surface area contributed by atoms with Gasteiger partial charge in [0.2, 0.25) is 0 Å². The number of nitriles is 1. The van der Waals surface area contributed by atoms with Crippen molar-refractivity contribution in [2.45, 2.75) is 13.5 Å². The molecule has 0 atom stereocenters. The predicted octanol–water partition coefficient (Wildman–Crippen LogP) is 3.86. The Morgan fingerprint density at radius 2 is 1.80 bits per heavy atom. The van der Waals surface area contributed by atoms with Crippen molar-refractivity contribution >= 4 is 5.69 Å². The highest BCUT2D eigenvalue weighted by Gasteiger charge is 2.10. The van der Waals surface area contributed by atoms with Gasteiger partial charge in [0.15, 0.2) is 0 Å². The van der Waals surface area contributed by atoms with Crippen LogP contribution >= 0.6 is 0 Å². The van der Waals surface area contributed by atoms with E-state index in [4.69, 9.17) is 5.26 Å². The summed E-state index contributed by atoms with van der Waals surface area (Å²) < 4.78 is 26.7. The largest absolute Gasteiger partial charge is 0.367 e. The summed E-state index contributed by atoms with van der Waals surface area (Å²) in [6.07, 6.45) is 0. The van der Waals surface area contributed by atoms with Crippen molar-refractivity contribution in [1.82, 2.24) is 0 Å². The number of anilines is 1. The first-order chi connectivity index (χ1) is 9.63. The molecule has 0 N–H and O–H groups in total. The van der Waals surface area contributed by atoms with Gasteiger partial charge in [-0.1, -0.05) is 0 Å². The molecule has 0 amide bonds. The molecule has 2 aromatic carbocycles. The van der Waals surface area contributed by atoms with Crippen molar-refractivity contribution in [1.29, 1.82) is 5.26 Å². The lowest BCUT2D eigenvalue weighted by atomic mass is 10.1. The van der Waals surface area contributed by atoms with Crippen LogP contribution in [0.15, 0.2) is 42.5 Å². The molecular formula is C16H14F2N2. The Kier molecular flexibility index (Phi) is 4.31. The van der Waals surface area contributed by atoms with Crippen LogP contribution in [0.5, 0.6) is 0 Å². The van der Waals surface area contributed by atoms with Crippen molar-refractivity contribution in [2.75, 3.05) is 11.4 Å². The van der Waals surface area contributed by atoms with Gasteiger partial charge in [0.1, 0.15) is 11.6 Å². The molecule has 0 unspecified atom stereocenters. The number of hydrogen-bond donors (Lipinski definition) is 0. The van der Waals surface area contributed by atoms with Gasteiger partial charge in [-0.15, -0.1) is 0 Å². The highest BCUT2D eigenvalue weighted by atomic mass is 19.1. The molecule has 0 radical (unpaired) electrons. The first kappa shape index (κ1) is 14.0. The van der Waals surface area contributed by atoms with Crippen LogP contribution < -0.4 is 4.90 Å². The number of hydrogen-bond acceptors (Lipinski definition) is 2. The number of halogens is 2. The van der Waals surface area contributed by atoms with Crippen molar-refractivity contribution < 1.29 is 8.78 Å². The maximum atomic E-state index is 13.8. The van der Waals surface area contributed by atoms with Crippen LogP contribution in [0.2, 0.25) is 0 Å². The van der Waals surface area contributed by atoms with Crippen LogP contribution in [0.25, 0.3) is 0 Å². The Hall–Kier alpha value is -2.41. The Labute approximate surface area is 116 Å². The summed E-state index contributed by atoms with van der Waals surface area (Å²) in [7, 11) is 0. The minimum absolute atomic E-state index is 0.303. The highest BCUT2D eigenvalue weighted by Crippen LogP contribution is 2.19. The maximum absolute atomic E-state index is 13.8. The third-order valence-corrected chi connectivity index (χ3v) is 3.11. The van der Waals surface area contributed by atoms with Gasteiger partial charge in [-0.2, -0.15) is 5.26 Å². The van der Waals surface area contributed by atoms with Crippen molar-refractivity contribution in [3.63, 3.8) is 0 Å². The van der Waals surface area contributed by atoms with Crippen LogP contribution in [0.1, 0.15) is 18.1 Å². The number of nitrogens with zero attached hydrogens (tertiary/aromatic N) is 2. The molecule has 0 bridgehead atoms. The average Bonchev–Trinajstić information content (AvgIpc) is 2.47. The van der Waals surface area contributed by atoms with E-state index >= 15 is 0 Å². The zero-order chi connectivity index (χ0) is 14.5. The fraction of sp³-hybridized carbons (Fsp3) is 0.188. The molecule has 0 saturated carbocycles. The second-order valence-electron chi connectivity index (χ2n) is 4.41. The van der Waals surface area contributed by atoms with E-state index in [0.29, 0.717) is 24.2 Å².